The highest BCUT2D eigenvalue weighted by molar-refractivity contribution is 5.89. The molecule has 0 atom stereocenters. The number of carbonyl (C=O) groups excluding carboxylic acids is 1. The summed E-state index contributed by atoms with van der Waals surface area (Å²) >= 11 is 0. The molecule has 0 bridgehead atoms. The van der Waals surface area contributed by atoms with Crippen LogP contribution in [0.1, 0.15) is 26.2 Å². The molecule has 0 N–H and O–H groups in total. The summed E-state index contributed by atoms with van der Waals surface area (Å²) in [4.78, 5) is 21.4. The summed E-state index contributed by atoms with van der Waals surface area (Å²) in [5.74, 6) is 0.202. The Labute approximate surface area is 111 Å². The van der Waals surface area contributed by atoms with Gasteiger partial charge in [-0.25, -0.2) is 0 Å². The molecule has 0 radical (unpaired) electrons. The number of carbonyl (C=O) groups is 1. The monoisotopic (exact) mass is 260 g/mol. The lowest BCUT2D eigenvalue weighted by molar-refractivity contribution is -0.383. The quantitative estimate of drug-likeness (QED) is 0.454. The van der Waals surface area contributed by atoms with Gasteiger partial charge in [-0.3, -0.25) is 10.1 Å². The molecule has 1 aromatic heterocycles. The van der Waals surface area contributed by atoms with Gasteiger partial charge in [0.1, 0.15) is 5.78 Å². The minimum absolute atomic E-state index is 0.139. The van der Waals surface area contributed by atoms with Crippen molar-refractivity contribution in [2.75, 3.05) is 0 Å². The second kappa shape index (κ2) is 5.65. The van der Waals surface area contributed by atoms with Crippen LogP contribution in [0.4, 0.5) is 5.69 Å². The van der Waals surface area contributed by atoms with E-state index in [0.29, 0.717) is 11.8 Å². The van der Waals surface area contributed by atoms with E-state index >= 15 is 0 Å². The second-order valence-electron chi connectivity index (χ2n) is 4.64. The standard InChI is InChI=1S/C14H16N2O3/c1-11(17)5-2-3-9-15-10-8-12-13(15)6-4-7-14(12)16(18)19/h4,6-8,10H,2-3,5,9H2,1H3. The average molecular weight is 260 g/mol. The van der Waals surface area contributed by atoms with Crippen molar-refractivity contribution < 1.29 is 9.72 Å². The number of hydrogen-bond acceptors (Lipinski definition) is 3. The van der Waals surface area contributed by atoms with Crippen LogP contribution in [0.5, 0.6) is 0 Å². The summed E-state index contributed by atoms with van der Waals surface area (Å²) < 4.78 is 2.00. The first-order valence-electron chi connectivity index (χ1n) is 6.31. The van der Waals surface area contributed by atoms with Crippen molar-refractivity contribution in [1.29, 1.82) is 0 Å². The maximum absolute atomic E-state index is 10.9. The first-order chi connectivity index (χ1) is 9.09. The number of Topliss-reactive ketones (excluding diaryl/α,β-unsaturated/α-hetero) is 1. The Kier molecular flexibility index (Phi) is 3.94. The highest BCUT2D eigenvalue weighted by Crippen LogP contribution is 2.26. The minimum atomic E-state index is -0.359. The maximum Gasteiger partial charge on any atom is 0.278 e. The number of unbranched alkanes of at least 4 members (excludes halogenated alkanes) is 1. The molecule has 1 aromatic carbocycles. The number of nitro benzene ring substituents is 1. The number of nitro groups is 1. The molecule has 0 fully saturated rings. The highest BCUT2D eigenvalue weighted by atomic mass is 16.6. The number of aromatic nitrogens is 1. The van der Waals surface area contributed by atoms with Gasteiger partial charge in [-0.05, 0) is 31.9 Å². The Hall–Kier alpha value is -2.17. The molecule has 0 aliphatic heterocycles. The van der Waals surface area contributed by atoms with Crippen molar-refractivity contribution >= 4 is 22.4 Å². The Balaban J connectivity index is 2.14. The zero-order valence-electron chi connectivity index (χ0n) is 10.8. The summed E-state index contributed by atoms with van der Waals surface area (Å²) in [5, 5.41) is 11.6. The predicted molar refractivity (Wildman–Crippen MR) is 73.1 cm³/mol. The Bertz CT molecular complexity index is 616. The lowest BCUT2D eigenvalue weighted by Gasteiger charge is -2.04. The van der Waals surface area contributed by atoms with Crippen LogP contribution in [0, 0.1) is 10.1 Å². The maximum atomic E-state index is 10.9. The topological polar surface area (TPSA) is 65.1 Å². The van der Waals surface area contributed by atoms with Crippen LogP contribution in [-0.2, 0) is 11.3 Å². The van der Waals surface area contributed by atoms with Gasteiger partial charge in [0, 0.05) is 25.2 Å². The van der Waals surface area contributed by atoms with Gasteiger partial charge in [0.15, 0.2) is 0 Å². The highest BCUT2D eigenvalue weighted by Gasteiger charge is 2.13. The van der Waals surface area contributed by atoms with E-state index in [-0.39, 0.29) is 16.4 Å². The lowest BCUT2D eigenvalue weighted by atomic mass is 10.2. The van der Waals surface area contributed by atoms with E-state index in [9.17, 15) is 14.9 Å². The zero-order chi connectivity index (χ0) is 13.8. The Morgan fingerprint density at radius 1 is 1.32 bits per heavy atom. The summed E-state index contributed by atoms with van der Waals surface area (Å²) in [5.41, 5.74) is 1.01. The third-order valence-corrected chi connectivity index (χ3v) is 3.17. The molecule has 0 saturated heterocycles. The fourth-order valence-corrected chi connectivity index (χ4v) is 2.22. The largest absolute Gasteiger partial charge is 0.347 e. The van der Waals surface area contributed by atoms with Gasteiger partial charge in [0.25, 0.3) is 5.69 Å². The molecule has 0 amide bonds. The van der Waals surface area contributed by atoms with Gasteiger partial charge in [0.05, 0.1) is 15.8 Å². The van der Waals surface area contributed by atoms with Crippen molar-refractivity contribution in [1.82, 2.24) is 4.57 Å². The summed E-state index contributed by atoms with van der Waals surface area (Å²) in [6.45, 7) is 2.37. The number of benzene rings is 1. The van der Waals surface area contributed by atoms with Gasteiger partial charge in [-0.15, -0.1) is 0 Å². The number of ketones is 1. The van der Waals surface area contributed by atoms with E-state index in [0.717, 1.165) is 24.9 Å². The Morgan fingerprint density at radius 3 is 2.79 bits per heavy atom. The van der Waals surface area contributed by atoms with E-state index in [1.165, 1.54) is 6.07 Å². The van der Waals surface area contributed by atoms with Gasteiger partial charge >= 0.3 is 0 Å². The molecule has 0 aliphatic carbocycles. The minimum Gasteiger partial charge on any atom is -0.347 e. The zero-order valence-corrected chi connectivity index (χ0v) is 10.8. The van der Waals surface area contributed by atoms with E-state index in [4.69, 9.17) is 0 Å². The van der Waals surface area contributed by atoms with Crippen molar-refractivity contribution in [3.05, 3.63) is 40.6 Å². The lowest BCUT2D eigenvalue weighted by Crippen LogP contribution is -1.98. The molecule has 1 heterocycles. The van der Waals surface area contributed by atoms with Crippen LogP contribution in [0.15, 0.2) is 30.5 Å². The number of fused-ring (bicyclic) bond motifs is 1. The van der Waals surface area contributed by atoms with E-state index in [2.05, 4.69) is 0 Å². The smallest absolute Gasteiger partial charge is 0.278 e. The van der Waals surface area contributed by atoms with Crippen LogP contribution < -0.4 is 0 Å². The Morgan fingerprint density at radius 2 is 2.11 bits per heavy atom. The third kappa shape index (κ3) is 2.99. The molecule has 0 spiro atoms. The van der Waals surface area contributed by atoms with E-state index in [1.54, 1.807) is 19.1 Å². The average Bonchev–Trinajstić information content (AvgIpc) is 2.77. The van der Waals surface area contributed by atoms with Gasteiger partial charge < -0.3 is 9.36 Å². The molecule has 2 rings (SSSR count). The predicted octanol–water partition coefficient (Wildman–Crippen LogP) is 3.31. The van der Waals surface area contributed by atoms with E-state index in [1.807, 2.05) is 16.8 Å². The van der Waals surface area contributed by atoms with Crippen LogP contribution >= 0.6 is 0 Å². The van der Waals surface area contributed by atoms with Crippen LogP contribution in [0.3, 0.4) is 0 Å². The second-order valence-corrected chi connectivity index (χ2v) is 4.64. The van der Waals surface area contributed by atoms with Crippen LogP contribution in [-0.4, -0.2) is 15.3 Å². The van der Waals surface area contributed by atoms with Crippen molar-refractivity contribution in [2.45, 2.75) is 32.7 Å². The fraction of sp³-hybridized carbons (Fsp3) is 0.357. The molecule has 19 heavy (non-hydrogen) atoms. The first-order valence-corrected chi connectivity index (χ1v) is 6.31. The molecule has 100 valence electrons. The van der Waals surface area contributed by atoms with Crippen molar-refractivity contribution in [2.24, 2.45) is 0 Å². The number of rotatable bonds is 6. The number of aryl methyl sites for hydroxylation is 1. The molecule has 0 aliphatic rings. The van der Waals surface area contributed by atoms with Crippen LogP contribution in [0.25, 0.3) is 10.9 Å². The molecular weight excluding hydrogens is 244 g/mol. The van der Waals surface area contributed by atoms with Crippen LogP contribution in [0.2, 0.25) is 0 Å². The number of nitrogens with zero attached hydrogens (tertiary/aromatic N) is 2. The third-order valence-electron chi connectivity index (χ3n) is 3.17. The normalized spacial score (nSPS) is 10.8. The molecule has 0 unspecified atom stereocenters. The summed E-state index contributed by atoms with van der Waals surface area (Å²) in [6, 6.07) is 6.88. The number of hydrogen-bond donors (Lipinski definition) is 0. The molecular formula is C14H16N2O3. The van der Waals surface area contributed by atoms with Gasteiger partial charge in [-0.2, -0.15) is 0 Å². The number of non-ortho nitro benzene ring substituents is 1. The van der Waals surface area contributed by atoms with Gasteiger partial charge in [-0.1, -0.05) is 6.07 Å². The fourth-order valence-electron chi connectivity index (χ4n) is 2.22. The molecule has 5 heteroatoms. The molecule has 0 saturated carbocycles. The van der Waals surface area contributed by atoms with Gasteiger partial charge in [0.2, 0.25) is 0 Å². The summed E-state index contributed by atoms with van der Waals surface area (Å²) in [6.07, 6.45) is 4.21. The molecule has 5 nitrogen and oxygen atoms in total. The van der Waals surface area contributed by atoms with E-state index < -0.39 is 0 Å². The van der Waals surface area contributed by atoms with Crippen molar-refractivity contribution in [3.8, 4) is 0 Å². The molecule has 2 aromatic rings. The van der Waals surface area contributed by atoms with Crippen molar-refractivity contribution in [3.63, 3.8) is 0 Å². The first kappa shape index (κ1) is 13.3. The summed E-state index contributed by atoms with van der Waals surface area (Å²) in [7, 11) is 0. The SMILES string of the molecule is CC(=O)CCCCn1ccc2c([N+](=O)[O-])cccc21.